The van der Waals surface area contributed by atoms with Crippen LogP contribution in [0.2, 0.25) is 0 Å². The molecule has 0 saturated carbocycles. The molecule has 1 aliphatic heterocycles. The van der Waals surface area contributed by atoms with Gasteiger partial charge in [0.15, 0.2) is 0 Å². The second kappa shape index (κ2) is 9.87. The van der Waals surface area contributed by atoms with Crippen LogP contribution in [-0.2, 0) is 11.3 Å². The summed E-state index contributed by atoms with van der Waals surface area (Å²) in [5.41, 5.74) is 3.86. The van der Waals surface area contributed by atoms with E-state index in [0.29, 0.717) is 13.2 Å². The van der Waals surface area contributed by atoms with Crippen LogP contribution in [0.1, 0.15) is 51.4 Å². The Bertz CT molecular complexity index is 842. The summed E-state index contributed by atoms with van der Waals surface area (Å²) in [5.74, 6) is 1.83. The lowest BCUT2D eigenvalue weighted by molar-refractivity contribution is -0.493. The highest BCUT2D eigenvalue weighted by molar-refractivity contribution is 7.92. The van der Waals surface area contributed by atoms with Gasteiger partial charge in [0.2, 0.25) is 0 Å². The Hall–Kier alpha value is -1.70. The Morgan fingerprint density at radius 3 is 2.59 bits per heavy atom. The van der Waals surface area contributed by atoms with Crippen molar-refractivity contribution >= 4 is 17.8 Å². The van der Waals surface area contributed by atoms with Crippen molar-refractivity contribution in [1.82, 2.24) is 9.97 Å². The fourth-order valence-corrected chi connectivity index (χ4v) is 4.48. The number of aliphatic hydroxyl groups is 1. The monoisotopic (exact) mass is 419 g/mol. The van der Waals surface area contributed by atoms with Crippen LogP contribution in [-0.4, -0.2) is 46.1 Å². The molecule has 0 radical (unpaired) electrons. The standard InChI is InChI=1S/C20H29N4O2S.C2H6/c1-13-11-26-12-20(4,5)23(13)18-14(2)15(3)24(27-6)19(22-18)17-7-16(10-25)8-21-9-17;1-2/h7-9,13,25H,10-12H2,1-6H3;1-2H3/q+1;/t13-;/m1./s1. The SMILES string of the molecule is CC.CS[n+]1c(-c2cncc(CO)c2)nc(N2[C@H](C)COCC2(C)C)c(C)c1C. The van der Waals surface area contributed by atoms with Crippen molar-refractivity contribution in [3.05, 3.63) is 35.3 Å². The zero-order valence-corrected chi connectivity index (χ0v) is 19.8. The van der Waals surface area contributed by atoms with Gasteiger partial charge in [0.25, 0.3) is 5.82 Å². The lowest BCUT2D eigenvalue weighted by Crippen LogP contribution is -2.58. The summed E-state index contributed by atoms with van der Waals surface area (Å²) >= 11 is 1.62. The number of rotatable bonds is 4. The topological polar surface area (TPSA) is 62.4 Å². The summed E-state index contributed by atoms with van der Waals surface area (Å²) < 4.78 is 7.93. The normalized spacial score (nSPS) is 18.2. The summed E-state index contributed by atoms with van der Waals surface area (Å²) in [7, 11) is 0. The lowest BCUT2D eigenvalue weighted by Gasteiger charge is -2.46. The van der Waals surface area contributed by atoms with Gasteiger partial charge in [-0.15, -0.1) is 0 Å². The van der Waals surface area contributed by atoms with Crippen LogP contribution >= 0.6 is 11.9 Å². The number of nitrogens with zero attached hydrogens (tertiary/aromatic N) is 4. The summed E-state index contributed by atoms with van der Waals surface area (Å²) in [4.78, 5) is 11.8. The molecule has 1 N–H and O–H groups in total. The van der Waals surface area contributed by atoms with Crippen LogP contribution in [0.3, 0.4) is 0 Å². The molecule has 0 bridgehead atoms. The molecule has 1 atom stereocenters. The number of morpholine rings is 1. The quantitative estimate of drug-likeness (QED) is 0.763. The highest BCUT2D eigenvalue weighted by Crippen LogP contribution is 2.33. The molecule has 29 heavy (non-hydrogen) atoms. The third-order valence-corrected chi connectivity index (χ3v) is 5.95. The molecule has 2 aromatic heterocycles. The van der Waals surface area contributed by atoms with E-state index in [4.69, 9.17) is 9.72 Å². The van der Waals surface area contributed by atoms with E-state index in [-0.39, 0.29) is 18.2 Å². The Morgan fingerprint density at radius 1 is 1.31 bits per heavy atom. The number of anilines is 1. The van der Waals surface area contributed by atoms with Gasteiger partial charge in [-0.05, 0) is 51.2 Å². The molecule has 2 aromatic rings. The minimum atomic E-state index is -0.143. The van der Waals surface area contributed by atoms with Gasteiger partial charge in [-0.2, -0.15) is 3.97 Å². The summed E-state index contributed by atoms with van der Waals surface area (Å²) in [5, 5.41) is 9.50. The number of aliphatic hydroxyl groups excluding tert-OH is 1. The van der Waals surface area contributed by atoms with Crippen LogP contribution in [0.15, 0.2) is 18.5 Å². The highest BCUT2D eigenvalue weighted by atomic mass is 32.2. The molecule has 6 nitrogen and oxygen atoms in total. The second-order valence-electron chi connectivity index (χ2n) is 7.73. The largest absolute Gasteiger partial charge is 0.392 e. The van der Waals surface area contributed by atoms with Crippen molar-refractivity contribution in [1.29, 1.82) is 0 Å². The molecule has 0 aliphatic carbocycles. The van der Waals surface area contributed by atoms with Crippen molar-refractivity contribution in [3.63, 3.8) is 0 Å². The number of ether oxygens (including phenoxy) is 1. The summed E-state index contributed by atoms with van der Waals surface area (Å²) in [6.07, 6.45) is 5.53. The van der Waals surface area contributed by atoms with Crippen LogP contribution < -0.4 is 8.87 Å². The van der Waals surface area contributed by atoms with E-state index < -0.39 is 0 Å². The minimum Gasteiger partial charge on any atom is -0.392 e. The lowest BCUT2D eigenvalue weighted by atomic mass is 9.98. The zero-order valence-electron chi connectivity index (χ0n) is 19.0. The van der Waals surface area contributed by atoms with E-state index in [1.165, 1.54) is 5.56 Å². The maximum absolute atomic E-state index is 9.50. The van der Waals surface area contributed by atoms with Crippen LogP contribution in [0.4, 0.5) is 5.82 Å². The van der Waals surface area contributed by atoms with E-state index in [1.54, 1.807) is 24.3 Å². The van der Waals surface area contributed by atoms with Crippen LogP contribution in [0.5, 0.6) is 0 Å². The maximum atomic E-state index is 9.50. The van der Waals surface area contributed by atoms with Gasteiger partial charge in [0, 0.05) is 18.6 Å². The molecule has 1 fully saturated rings. The minimum absolute atomic E-state index is 0.0364. The van der Waals surface area contributed by atoms with Crippen LogP contribution in [0, 0.1) is 13.8 Å². The van der Waals surface area contributed by atoms with Gasteiger partial charge in [0.1, 0.15) is 5.69 Å². The van der Waals surface area contributed by atoms with Gasteiger partial charge in [-0.3, -0.25) is 4.98 Å². The molecule has 7 heteroatoms. The Labute approximate surface area is 179 Å². The van der Waals surface area contributed by atoms with Crippen molar-refractivity contribution in [2.75, 3.05) is 24.4 Å². The highest BCUT2D eigenvalue weighted by Gasteiger charge is 2.40. The number of aromatic nitrogens is 3. The molecule has 0 aromatic carbocycles. The van der Waals surface area contributed by atoms with E-state index in [0.717, 1.165) is 28.5 Å². The number of pyridine rings is 1. The van der Waals surface area contributed by atoms with E-state index >= 15 is 0 Å². The van der Waals surface area contributed by atoms with Gasteiger partial charge in [0.05, 0.1) is 54.5 Å². The maximum Gasteiger partial charge on any atom is 0.346 e. The molecule has 3 heterocycles. The van der Waals surface area contributed by atoms with Crippen molar-refractivity contribution in [3.8, 4) is 11.4 Å². The molecule has 160 valence electrons. The number of hydrogen-bond acceptors (Lipinski definition) is 6. The third-order valence-electron chi connectivity index (χ3n) is 5.14. The Morgan fingerprint density at radius 2 is 2.00 bits per heavy atom. The number of hydrogen-bond donors (Lipinski definition) is 1. The first-order valence-corrected chi connectivity index (χ1v) is 11.4. The van der Waals surface area contributed by atoms with E-state index in [1.807, 2.05) is 26.2 Å². The Balaban J connectivity index is 0.00000145. The predicted molar refractivity (Wildman–Crippen MR) is 120 cm³/mol. The molecule has 0 spiro atoms. The summed E-state index contributed by atoms with van der Waals surface area (Å²) in [6.45, 7) is 16.2. The smallest absolute Gasteiger partial charge is 0.346 e. The van der Waals surface area contributed by atoms with E-state index in [2.05, 4.69) is 48.5 Å². The van der Waals surface area contributed by atoms with Gasteiger partial charge < -0.3 is 14.7 Å². The average Bonchev–Trinajstić information content (AvgIpc) is 2.71. The van der Waals surface area contributed by atoms with Gasteiger partial charge in [-0.25, -0.2) is 0 Å². The fraction of sp³-hybridized carbons (Fsp3) is 0.591. The molecule has 3 rings (SSSR count). The molecule has 0 unspecified atom stereocenters. The first-order chi connectivity index (χ1) is 13.8. The molecular weight excluding hydrogens is 384 g/mol. The molecule has 0 amide bonds. The van der Waals surface area contributed by atoms with E-state index in [9.17, 15) is 5.11 Å². The predicted octanol–water partition coefficient (Wildman–Crippen LogP) is 3.70. The van der Waals surface area contributed by atoms with Crippen LogP contribution in [0.25, 0.3) is 11.4 Å². The van der Waals surface area contributed by atoms with Crippen molar-refractivity contribution < 1.29 is 13.8 Å². The Kier molecular flexibility index (Phi) is 8.02. The molecular formula is C22H35N4O2S+. The first-order valence-electron chi connectivity index (χ1n) is 10.2. The third kappa shape index (κ3) is 4.73. The van der Waals surface area contributed by atoms with Crippen molar-refractivity contribution in [2.45, 2.75) is 66.7 Å². The fourth-order valence-electron chi connectivity index (χ4n) is 3.75. The zero-order chi connectivity index (χ0) is 21.8. The second-order valence-corrected chi connectivity index (χ2v) is 8.46. The van der Waals surface area contributed by atoms with Gasteiger partial charge in [-0.1, -0.05) is 13.8 Å². The molecule has 1 aliphatic rings. The average molecular weight is 420 g/mol. The molecule has 1 saturated heterocycles. The first kappa shape index (κ1) is 23.6. The van der Waals surface area contributed by atoms with Crippen molar-refractivity contribution in [2.24, 2.45) is 0 Å². The van der Waals surface area contributed by atoms with Gasteiger partial charge >= 0.3 is 5.82 Å². The summed E-state index contributed by atoms with van der Waals surface area (Å²) in [6, 6.07) is 2.19.